The molecule has 1 aromatic rings. The maximum atomic E-state index is 12.6. The van der Waals surface area contributed by atoms with Gasteiger partial charge in [-0.3, -0.25) is 0 Å². The van der Waals surface area contributed by atoms with E-state index < -0.39 is 27.6 Å². The zero-order chi connectivity index (χ0) is 13.3. The van der Waals surface area contributed by atoms with Crippen LogP contribution in [0.25, 0.3) is 0 Å². The van der Waals surface area contributed by atoms with Crippen LogP contribution in [0, 0.1) is 0 Å². The second-order valence-electron chi connectivity index (χ2n) is 3.23. The molecule has 0 saturated heterocycles. The fraction of sp³-hybridized carbons (Fsp3) is 0.333. The fourth-order valence-electron chi connectivity index (χ4n) is 1.10. The van der Waals surface area contributed by atoms with Crippen LogP contribution in [0.5, 0.6) is 5.75 Å². The summed E-state index contributed by atoms with van der Waals surface area (Å²) in [6, 6.07) is 3.96. The van der Waals surface area contributed by atoms with Crippen molar-refractivity contribution in [1.29, 1.82) is 0 Å². The van der Waals surface area contributed by atoms with E-state index in [9.17, 15) is 25.5 Å². The highest BCUT2D eigenvalue weighted by atomic mass is 32.3. The van der Waals surface area contributed by atoms with E-state index in [4.69, 9.17) is 0 Å². The van der Waals surface area contributed by atoms with E-state index in [0.29, 0.717) is 0 Å². The number of hydrogen-bond acceptors (Lipinski definition) is 3. The first kappa shape index (κ1) is 13.8. The predicted molar refractivity (Wildman–Crippen MR) is 51.6 cm³/mol. The molecule has 17 heavy (non-hydrogen) atoms. The second kappa shape index (κ2) is 4.52. The molecule has 0 N–H and O–H groups in total. The lowest BCUT2D eigenvalue weighted by atomic mass is 10.2. The number of ether oxygens (including phenoxy) is 1. The first-order valence-electron chi connectivity index (χ1n) is 4.39. The highest BCUT2D eigenvalue weighted by molar-refractivity contribution is 7.86. The van der Waals surface area contributed by atoms with Gasteiger partial charge in [0.15, 0.2) is 0 Å². The molecule has 0 aromatic heterocycles. The van der Waals surface area contributed by atoms with Crippen LogP contribution in [-0.2, 0) is 10.2 Å². The van der Waals surface area contributed by atoms with E-state index in [1.54, 1.807) is 0 Å². The van der Waals surface area contributed by atoms with Gasteiger partial charge in [0, 0.05) is 0 Å². The monoisotopic (exact) mass is 272 g/mol. The van der Waals surface area contributed by atoms with Gasteiger partial charge in [-0.05, 0) is 24.6 Å². The van der Waals surface area contributed by atoms with E-state index >= 15 is 0 Å². The molecule has 0 heterocycles. The smallest absolute Gasteiger partial charge is 0.406 e. The minimum Gasteiger partial charge on any atom is -0.406 e. The van der Waals surface area contributed by atoms with E-state index in [1.807, 2.05) is 0 Å². The Hall–Kier alpha value is -1.31. The Morgan fingerprint density at radius 1 is 1.18 bits per heavy atom. The lowest BCUT2D eigenvalue weighted by Crippen LogP contribution is -2.17. The van der Waals surface area contributed by atoms with Crippen LogP contribution in [0.3, 0.4) is 0 Å². The van der Waals surface area contributed by atoms with Gasteiger partial charge in [-0.1, -0.05) is 12.1 Å². The van der Waals surface area contributed by atoms with Gasteiger partial charge in [-0.2, -0.15) is 8.42 Å². The first-order chi connectivity index (χ1) is 7.59. The normalized spacial score (nSPS) is 14.4. The molecule has 0 amide bonds. The number of halogens is 4. The maximum absolute atomic E-state index is 12.6. The van der Waals surface area contributed by atoms with Crippen LogP contribution in [0.15, 0.2) is 24.3 Å². The third-order valence-corrected chi connectivity index (χ3v) is 3.12. The van der Waals surface area contributed by atoms with Gasteiger partial charge in [-0.15, -0.1) is 17.1 Å². The molecule has 0 saturated carbocycles. The Morgan fingerprint density at radius 2 is 1.65 bits per heavy atom. The predicted octanol–water partition coefficient (Wildman–Crippen LogP) is 2.95. The van der Waals surface area contributed by atoms with Gasteiger partial charge < -0.3 is 4.74 Å². The number of benzene rings is 1. The number of alkyl halides is 3. The summed E-state index contributed by atoms with van der Waals surface area (Å²) in [5.41, 5.74) is 0.0435. The zero-order valence-electron chi connectivity index (χ0n) is 8.53. The van der Waals surface area contributed by atoms with Gasteiger partial charge in [0.25, 0.3) is 0 Å². The summed E-state index contributed by atoms with van der Waals surface area (Å²) in [5, 5.41) is -1.43. The van der Waals surface area contributed by atoms with Gasteiger partial charge in [0.2, 0.25) is 0 Å². The van der Waals surface area contributed by atoms with Crippen molar-refractivity contribution in [1.82, 2.24) is 0 Å². The van der Waals surface area contributed by atoms with Gasteiger partial charge in [-0.25, -0.2) is 0 Å². The van der Waals surface area contributed by atoms with Crippen molar-refractivity contribution in [3.05, 3.63) is 29.8 Å². The highest BCUT2D eigenvalue weighted by Gasteiger charge is 2.31. The lowest BCUT2D eigenvalue weighted by Gasteiger charge is -2.10. The molecule has 0 bridgehead atoms. The molecule has 1 rings (SSSR count). The molecule has 0 radical (unpaired) electrons. The molecule has 1 atom stereocenters. The molecule has 0 aliphatic rings. The van der Waals surface area contributed by atoms with Crippen molar-refractivity contribution in [2.75, 3.05) is 0 Å². The maximum Gasteiger partial charge on any atom is 0.573 e. The van der Waals surface area contributed by atoms with Gasteiger partial charge in [0.05, 0.1) is 0 Å². The molecule has 96 valence electrons. The molecule has 0 aliphatic heterocycles. The summed E-state index contributed by atoms with van der Waals surface area (Å²) in [6.45, 7) is 1.09. The first-order valence-corrected chi connectivity index (χ1v) is 5.83. The summed E-state index contributed by atoms with van der Waals surface area (Å²) in [7, 11) is -4.77. The van der Waals surface area contributed by atoms with Crippen LogP contribution in [-0.4, -0.2) is 14.8 Å². The van der Waals surface area contributed by atoms with Gasteiger partial charge in [0.1, 0.15) is 11.0 Å². The molecular formula is C9H8F4O3S. The molecule has 0 fully saturated rings. The summed E-state index contributed by atoms with van der Waals surface area (Å²) >= 11 is 0. The Balaban J connectivity index is 2.89. The number of rotatable bonds is 3. The van der Waals surface area contributed by atoms with Crippen molar-refractivity contribution in [2.45, 2.75) is 18.5 Å². The van der Waals surface area contributed by atoms with Crippen molar-refractivity contribution in [3.63, 3.8) is 0 Å². The topological polar surface area (TPSA) is 43.4 Å². The Bertz CT molecular complexity index is 478. The van der Waals surface area contributed by atoms with Crippen LogP contribution in [0.2, 0.25) is 0 Å². The van der Waals surface area contributed by atoms with E-state index in [0.717, 1.165) is 31.2 Å². The number of hydrogen-bond donors (Lipinski definition) is 0. The van der Waals surface area contributed by atoms with Crippen LogP contribution in [0.1, 0.15) is 17.7 Å². The van der Waals surface area contributed by atoms with E-state index in [1.165, 1.54) is 0 Å². The molecule has 1 unspecified atom stereocenters. The Kier molecular flexibility index (Phi) is 3.65. The molecular weight excluding hydrogens is 264 g/mol. The van der Waals surface area contributed by atoms with Crippen molar-refractivity contribution in [2.24, 2.45) is 0 Å². The minimum absolute atomic E-state index is 0.0435. The molecule has 0 aliphatic carbocycles. The standard InChI is InChI=1S/C9H8F4O3S/c1-6(17(13,14)15)7-2-4-8(5-3-7)16-9(10,11)12/h2-6H,1H3. The van der Waals surface area contributed by atoms with Crippen LogP contribution in [0.4, 0.5) is 17.1 Å². The summed E-state index contributed by atoms with van der Waals surface area (Å²) in [4.78, 5) is 0. The molecule has 3 nitrogen and oxygen atoms in total. The van der Waals surface area contributed by atoms with Crippen molar-refractivity contribution in [3.8, 4) is 5.75 Å². The third kappa shape index (κ3) is 4.22. The van der Waals surface area contributed by atoms with Crippen molar-refractivity contribution < 1.29 is 30.2 Å². The van der Waals surface area contributed by atoms with Crippen LogP contribution >= 0.6 is 0 Å². The fourth-order valence-corrected chi connectivity index (χ4v) is 1.59. The Labute approximate surface area is 95.2 Å². The quantitative estimate of drug-likeness (QED) is 0.627. The average Bonchev–Trinajstić information content (AvgIpc) is 2.14. The van der Waals surface area contributed by atoms with Crippen LogP contribution < -0.4 is 4.74 Å². The summed E-state index contributed by atoms with van der Waals surface area (Å²) < 4.78 is 72.7. The Morgan fingerprint density at radius 3 is 2.00 bits per heavy atom. The lowest BCUT2D eigenvalue weighted by molar-refractivity contribution is -0.274. The summed E-state index contributed by atoms with van der Waals surface area (Å²) in [6.07, 6.45) is -4.82. The molecule has 8 heteroatoms. The molecule has 1 aromatic carbocycles. The average molecular weight is 272 g/mol. The van der Waals surface area contributed by atoms with Crippen molar-refractivity contribution >= 4 is 10.2 Å². The highest BCUT2D eigenvalue weighted by Crippen LogP contribution is 2.27. The van der Waals surface area contributed by atoms with E-state index in [-0.39, 0.29) is 5.56 Å². The molecule has 0 spiro atoms. The zero-order valence-corrected chi connectivity index (χ0v) is 9.35. The largest absolute Gasteiger partial charge is 0.573 e. The van der Waals surface area contributed by atoms with Gasteiger partial charge >= 0.3 is 16.6 Å². The minimum atomic E-state index is -4.82. The second-order valence-corrected chi connectivity index (χ2v) is 4.89. The summed E-state index contributed by atoms with van der Waals surface area (Å²) in [5.74, 6) is -0.496. The van der Waals surface area contributed by atoms with E-state index in [2.05, 4.69) is 4.74 Å². The SMILES string of the molecule is CC(c1ccc(OC(F)(F)F)cc1)S(=O)(=O)F. The third-order valence-electron chi connectivity index (χ3n) is 2.01.